The van der Waals surface area contributed by atoms with Crippen LogP contribution >= 0.6 is 0 Å². The Morgan fingerprint density at radius 3 is 2.00 bits per heavy atom. The van der Waals surface area contributed by atoms with Crippen LogP contribution in [-0.2, 0) is 14.0 Å². The third kappa shape index (κ3) is 2.99. The van der Waals surface area contributed by atoms with Gasteiger partial charge in [-0.2, -0.15) is 0 Å². The molecule has 5 nitrogen and oxygen atoms in total. The first kappa shape index (κ1) is 17.3. The molecule has 0 aromatic heterocycles. The molecular formula is C19H28BNO4. The van der Waals surface area contributed by atoms with E-state index in [1.54, 1.807) is 0 Å². The summed E-state index contributed by atoms with van der Waals surface area (Å²) in [6.45, 7) is 9.66. The number of piperidine rings is 1. The van der Waals surface area contributed by atoms with Crippen molar-refractivity contribution in [3.63, 3.8) is 0 Å². The minimum atomic E-state index is -0.329. The normalized spacial score (nSPS) is 33.6. The number of nitrogens with zero attached hydrogens (tertiary/aromatic N) is 1. The van der Waals surface area contributed by atoms with Crippen LogP contribution in [0.2, 0.25) is 0 Å². The molecule has 1 N–H and O–H groups in total. The van der Waals surface area contributed by atoms with Crippen molar-refractivity contribution in [1.82, 2.24) is 0 Å². The Hall–Kier alpha value is -1.08. The zero-order chi connectivity index (χ0) is 17.8. The molecule has 0 amide bonds. The first-order valence-electron chi connectivity index (χ1n) is 9.26. The molecule has 136 valence electrons. The smallest absolute Gasteiger partial charge is 0.399 e. The second kappa shape index (κ2) is 5.98. The van der Waals surface area contributed by atoms with Gasteiger partial charge in [-0.1, -0.05) is 12.1 Å². The lowest BCUT2D eigenvalue weighted by Crippen LogP contribution is -2.58. The van der Waals surface area contributed by atoms with E-state index in [-0.39, 0.29) is 36.5 Å². The van der Waals surface area contributed by atoms with Gasteiger partial charge in [0.05, 0.1) is 42.6 Å². The summed E-state index contributed by atoms with van der Waals surface area (Å²) in [6.07, 6.45) is 1.34. The van der Waals surface area contributed by atoms with Gasteiger partial charge in [0.2, 0.25) is 0 Å². The lowest BCUT2D eigenvalue weighted by atomic mass is 9.79. The lowest BCUT2D eigenvalue weighted by molar-refractivity contribution is 0.00124. The fourth-order valence-corrected chi connectivity index (χ4v) is 4.09. The van der Waals surface area contributed by atoms with Crippen molar-refractivity contribution < 1.29 is 19.2 Å². The molecule has 1 aromatic rings. The Kier molecular flexibility index (Phi) is 4.15. The van der Waals surface area contributed by atoms with Crippen LogP contribution < -0.4 is 10.4 Å². The molecule has 0 radical (unpaired) electrons. The van der Waals surface area contributed by atoms with Crippen molar-refractivity contribution in [2.45, 2.75) is 69.9 Å². The molecule has 2 bridgehead atoms. The third-order valence-corrected chi connectivity index (χ3v) is 6.21. The van der Waals surface area contributed by atoms with Crippen LogP contribution in [0.5, 0.6) is 0 Å². The Morgan fingerprint density at radius 1 is 0.960 bits per heavy atom. The number of anilines is 1. The molecule has 0 saturated carbocycles. The molecule has 0 aliphatic carbocycles. The standard InChI is InChI=1S/C19H28BNO4/c1-18(2)19(3,4)25-20(24-18)13-5-7-14(8-6-13)21-15-9-17(22)10-16(21)12-23-11-15/h5-8,15-17,22H,9-12H2,1-4H3/t15-,16+,17+. The molecule has 6 heteroatoms. The summed E-state index contributed by atoms with van der Waals surface area (Å²) in [5.41, 5.74) is 1.58. The Labute approximate surface area is 150 Å². The molecule has 1 aromatic carbocycles. The Morgan fingerprint density at radius 2 is 1.48 bits per heavy atom. The van der Waals surface area contributed by atoms with E-state index < -0.39 is 0 Å². The number of fused-ring (bicyclic) bond motifs is 2. The first-order chi connectivity index (χ1) is 11.8. The van der Waals surface area contributed by atoms with Crippen LogP contribution in [0.15, 0.2) is 24.3 Å². The summed E-state index contributed by atoms with van der Waals surface area (Å²) >= 11 is 0. The number of hydrogen-bond donors (Lipinski definition) is 1. The summed E-state index contributed by atoms with van der Waals surface area (Å²) in [4.78, 5) is 2.42. The van der Waals surface area contributed by atoms with Crippen LogP contribution in [0.1, 0.15) is 40.5 Å². The largest absolute Gasteiger partial charge is 0.494 e. The zero-order valence-corrected chi connectivity index (χ0v) is 15.6. The van der Waals surface area contributed by atoms with Gasteiger partial charge in [-0.25, -0.2) is 0 Å². The van der Waals surface area contributed by atoms with Crippen LogP contribution in [0.3, 0.4) is 0 Å². The van der Waals surface area contributed by atoms with E-state index in [1.165, 1.54) is 5.69 Å². The number of ether oxygens (including phenoxy) is 1. The highest BCUT2D eigenvalue weighted by molar-refractivity contribution is 6.62. The highest BCUT2D eigenvalue weighted by atomic mass is 16.7. The second-order valence-corrected chi connectivity index (χ2v) is 8.56. The van der Waals surface area contributed by atoms with Gasteiger partial charge in [-0.05, 0) is 58.1 Å². The van der Waals surface area contributed by atoms with E-state index in [0.29, 0.717) is 13.2 Å². The van der Waals surface area contributed by atoms with Gasteiger partial charge in [0.25, 0.3) is 0 Å². The molecule has 3 atom stereocenters. The SMILES string of the molecule is CC1(C)OB(c2ccc(N3[C@@H]4COC[C@H]3C[C@H](O)C4)cc2)OC1(C)C. The number of morpholine rings is 1. The molecule has 0 spiro atoms. The maximum absolute atomic E-state index is 10.1. The average Bonchev–Trinajstić information content (AvgIpc) is 2.75. The number of aliphatic hydroxyl groups is 1. The van der Waals surface area contributed by atoms with E-state index >= 15 is 0 Å². The van der Waals surface area contributed by atoms with E-state index in [1.807, 2.05) is 0 Å². The van der Waals surface area contributed by atoms with E-state index in [4.69, 9.17) is 14.0 Å². The number of aliphatic hydroxyl groups excluding tert-OH is 1. The van der Waals surface area contributed by atoms with Gasteiger partial charge in [-0.15, -0.1) is 0 Å². The van der Waals surface area contributed by atoms with E-state index in [9.17, 15) is 5.11 Å². The van der Waals surface area contributed by atoms with Crippen LogP contribution in [-0.4, -0.2) is 54.8 Å². The highest BCUT2D eigenvalue weighted by Crippen LogP contribution is 2.37. The molecule has 3 heterocycles. The van der Waals surface area contributed by atoms with Crippen LogP contribution in [0.25, 0.3) is 0 Å². The molecular weight excluding hydrogens is 317 g/mol. The maximum atomic E-state index is 10.1. The summed E-state index contributed by atoms with van der Waals surface area (Å²) in [5.74, 6) is 0. The minimum Gasteiger partial charge on any atom is -0.399 e. The predicted octanol–water partition coefficient (Wildman–Crippen LogP) is 1.71. The van der Waals surface area contributed by atoms with Gasteiger partial charge in [0.15, 0.2) is 0 Å². The fraction of sp³-hybridized carbons (Fsp3) is 0.684. The fourth-order valence-electron chi connectivity index (χ4n) is 4.09. The molecule has 3 fully saturated rings. The monoisotopic (exact) mass is 345 g/mol. The molecule has 25 heavy (non-hydrogen) atoms. The van der Waals surface area contributed by atoms with Crippen molar-refractivity contribution in [2.75, 3.05) is 18.1 Å². The van der Waals surface area contributed by atoms with Gasteiger partial charge in [0.1, 0.15) is 0 Å². The summed E-state index contributed by atoms with van der Waals surface area (Å²) in [6, 6.07) is 8.99. The van der Waals surface area contributed by atoms with Gasteiger partial charge >= 0.3 is 7.12 Å². The second-order valence-electron chi connectivity index (χ2n) is 8.56. The third-order valence-electron chi connectivity index (χ3n) is 6.21. The Bertz CT molecular complexity index is 603. The van der Waals surface area contributed by atoms with Gasteiger partial charge in [-0.3, -0.25) is 0 Å². The average molecular weight is 345 g/mol. The zero-order valence-electron chi connectivity index (χ0n) is 15.6. The summed E-state index contributed by atoms with van der Waals surface area (Å²) in [7, 11) is -0.329. The number of benzene rings is 1. The van der Waals surface area contributed by atoms with Crippen molar-refractivity contribution >= 4 is 18.3 Å². The molecule has 3 aliphatic rings. The summed E-state index contributed by atoms with van der Waals surface area (Å²) < 4.78 is 18.0. The highest BCUT2D eigenvalue weighted by Gasteiger charge is 2.51. The number of hydrogen-bond acceptors (Lipinski definition) is 5. The summed E-state index contributed by atoms with van der Waals surface area (Å²) in [5, 5.41) is 10.1. The molecule has 4 rings (SSSR count). The Balaban J connectivity index is 1.53. The van der Waals surface area contributed by atoms with Crippen molar-refractivity contribution in [2.24, 2.45) is 0 Å². The van der Waals surface area contributed by atoms with Crippen molar-refractivity contribution in [3.05, 3.63) is 24.3 Å². The number of rotatable bonds is 2. The molecule has 0 unspecified atom stereocenters. The maximum Gasteiger partial charge on any atom is 0.494 e. The molecule has 3 aliphatic heterocycles. The van der Waals surface area contributed by atoms with Crippen molar-refractivity contribution in [1.29, 1.82) is 0 Å². The van der Waals surface area contributed by atoms with E-state index in [2.05, 4.69) is 56.9 Å². The van der Waals surface area contributed by atoms with Gasteiger partial charge in [0, 0.05) is 5.69 Å². The van der Waals surface area contributed by atoms with Crippen LogP contribution in [0.4, 0.5) is 5.69 Å². The van der Waals surface area contributed by atoms with Gasteiger partial charge < -0.3 is 24.1 Å². The molecule has 3 saturated heterocycles. The lowest BCUT2D eigenvalue weighted by Gasteiger charge is -2.48. The minimum absolute atomic E-state index is 0.209. The first-order valence-corrected chi connectivity index (χ1v) is 9.26. The van der Waals surface area contributed by atoms with Crippen molar-refractivity contribution in [3.8, 4) is 0 Å². The van der Waals surface area contributed by atoms with E-state index in [0.717, 1.165) is 18.3 Å². The van der Waals surface area contributed by atoms with Crippen LogP contribution in [0, 0.1) is 0 Å². The quantitative estimate of drug-likeness (QED) is 0.827. The topological polar surface area (TPSA) is 51.2 Å². The predicted molar refractivity (Wildman–Crippen MR) is 98.3 cm³/mol.